The van der Waals surface area contributed by atoms with Crippen molar-refractivity contribution in [3.63, 3.8) is 0 Å². The van der Waals surface area contributed by atoms with Crippen molar-refractivity contribution in [1.82, 2.24) is 5.32 Å². The van der Waals surface area contributed by atoms with Gasteiger partial charge in [-0.1, -0.05) is 17.7 Å². The van der Waals surface area contributed by atoms with Crippen LogP contribution in [0.1, 0.15) is 29.6 Å². The molecule has 0 bridgehead atoms. The van der Waals surface area contributed by atoms with E-state index in [-0.39, 0.29) is 22.2 Å². The number of hydrogen-bond donors (Lipinski definition) is 2. The third kappa shape index (κ3) is 3.17. The Hall–Kier alpha value is -1.75. The first-order chi connectivity index (χ1) is 9.09. The summed E-state index contributed by atoms with van der Waals surface area (Å²) in [5.41, 5.74) is -0.0375. The molecule has 1 heterocycles. The first-order valence-corrected chi connectivity index (χ1v) is 6.43. The summed E-state index contributed by atoms with van der Waals surface area (Å²) in [6.07, 6.45) is 1.59. The quantitative estimate of drug-likeness (QED) is 0.890. The lowest BCUT2D eigenvalue weighted by molar-refractivity contribution is -0.127. The van der Waals surface area contributed by atoms with Crippen LogP contribution in [-0.4, -0.2) is 29.6 Å². The molecule has 1 unspecified atom stereocenters. The lowest BCUT2D eigenvalue weighted by atomic mass is 10.1. The lowest BCUT2D eigenvalue weighted by Gasteiger charge is -2.18. The Morgan fingerprint density at radius 1 is 1.42 bits per heavy atom. The monoisotopic (exact) mass is 283 g/mol. The Labute approximate surface area is 115 Å². The number of carbonyl (C=O) groups excluding carboxylic acids is 1. The number of amides is 1. The van der Waals surface area contributed by atoms with Gasteiger partial charge in [0.1, 0.15) is 5.56 Å². The summed E-state index contributed by atoms with van der Waals surface area (Å²) in [6, 6.07) is 4.47. The summed E-state index contributed by atoms with van der Waals surface area (Å²) in [7, 11) is 0. The summed E-state index contributed by atoms with van der Waals surface area (Å²) in [4.78, 5) is 22.9. The van der Waals surface area contributed by atoms with Crippen molar-refractivity contribution in [3.05, 3.63) is 28.8 Å². The second kappa shape index (κ2) is 5.93. The fraction of sp³-hybridized carbons (Fsp3) is 0.385. The first-order valence-electron chi connectivity index (χ1n) is 6.06. The molecule has 2 rings (SSSR count). The van der Waals surface area contributed by atoms with E-state index in [0.717, 1.165) is 12.8 Å². The standard InChI is InChI=1S/C13H14ClNO4/c14-9-5-3-4-8(13(17)18)11(9)19-10-6-1-2-7-15-12(10)16/h3-5,10H,1-2,6-7H2,(H,15,16)(H,17,18). The molecule has 1 saturated heterocycles. The number of rotatable bonds is 3. The highest BCUT2D eigenvalue weighted by atomic mass is 35.5. The van der Waals surface area contributed by atoms with Gasteiger partial charge in [-0.3, -0.25) is 4.79 Å². The Bertz CT molecular complexity index is 503. The van der Waals surface area contributed by atoms with Gasteiger partial charge in [-0.2, -0.15) is 0 Å². The van der Waals surface area contributed by atoms with Gasteiger partial charge in [0.15, 0.2) is 11.9 Å². The number of carboxylic acid groups (broad SMARTS) is 1. The van der Waals surface area contributed by atoms with Crippen LogP contribution in [0, 0.1) is 0 Å². The Morgan fingerprint density at radius 2 is 2.21 bits per heavy atom. The van der Waals surface area contributed by atoms with Gasteiger partial charge in [0.2, 0.25) is 0 Å². The van der Waals surface area contributed by atoms with Crippen LogP contribution >= 0.6 is 11.6 Å². The third-order valence-electron chi connectivity index (χ3n) is 2.94. The molecule has 19 heavy (non-hydrogen) atoms. The molecule has 0 aliphatic carbocycles. The summed E-state index contributed by atoms with van der Waals surface area (Å²) >= 11 is 5.96. The SMILES string of the molecule is O=C(O)c1cccc(Cl)c1OC1CCCCNC1=O. The van der Waals surface area contributed by atoms with E-state index in [1.165, 1.54) is 18.2 Å². The van der Waals surface area contributed by atoms with E-state index in [0.29, 0.717) is 13.0 Å². The van der Waals surface area contributed by atoms with Crippen LogP contribution in [0.5, 0.6) is 5.75 Å². The molecular weight excluding hydrogens is 270 g/mol. The van der Waals surface area contributed by atoms with Gasteiger partial charge < -0.3 is 15.2 Å². The minimum absolute atomic E-state index is 0.0375. The van der Waals surface area contributed by atoms with Crippen molar-refractivity contribution in [2.24, 2.45) is 0 Å². The van der Waals surface area contributed by atoms with Gasteiger partial charge in [-0.05, 0) is 31.4 Å². The van der Waals surface area contributed by atoms with E-state index in [4.69, 9.17) is 21.4 Å². The number of hydrogen-bond acceptors (Lipinski definition) is 3. The molecule has 1 atom stereocenters. The summed E-state index contributed by atoms with van der Waals surface area (Å²) in [5, 5.41) is 12.0. The number of para-hydroxylation sites is 1. The molecule has 1 amide bonds. The minimum Gasteiger partial charge on any atom is -0.478 e. The van der Waals surface area contributed by atoms with Crippen LogP contribution in [0.4, 0.5) is 0 Å². The number of ether oxygens (including phenoxy) is 1. The van der Waals surface area contributed by atoms with Crippen LogP contribution in [0.2, 0.25) is 5.02 Å². The van der Waals surface area contributed by atoms with Crippen LogP contribution in [0.15, 0.2) is 18.2 Å². The van der Waals surface area contributed by atoms with Gasteiger partial charge in [0, 0.05) is 6.54 Å². The number of carboxylic acids is 1. The van der Waals surface area contributed by atoms with Crippen molar-refractivity contribution >= 4 is 23.5 Å². The predicted octanol–water partition coefficient (Wildman–Crippen LogP) is 2.09. The molecular formula is C13H14ClNO4. The Balaban J connectivity index is 2.26. The van der Waals surface area contributed by atoms with Crippen LogP contribution in [0.3, 0.4) is 0 Å². The van der Waals surface area contributed by atoms with Gasteiger partial charge in [0.05, 0.1) is 5.02 Å². The maximum atomic E-state index is 11.8. The van der Waals surface area contributed by atoms with E-state index in [2.05, 4.69) is 5.32 Å². The molecule has 0 radical (unpaired) electrons. The second-order valence-electron chi connectivity index (χ2n) is 4.31. The smallest absolute Gasteiger partial charge is 0.339 e. The third-order valence-corrected chi connectivity index (χ3v) is 3.24. The number of halogens is 1. The fourth-order valence-corrected chi connectivity index (χ4v) is 2.18. The number of nitrogens with one attached hydrogen (secondary N) is 1. The highest BCUT2D eigenvalue weighted by molar-refractivity contribution is 6.32. The van der Waals surface area contributed by atoms with Gasteiger partial charge >= 0.3 is 5.97 Å². The van der Waals surface area contributed by atoms with E-state index in [1.54, 1.807) is 0 Å². The topological polar surface area (TPSA) is 75.6 Å². The van der Waals surface area contributed by atoms with Crippen molar-refractivity contribution in [3.8, 4) is 5.75 Å². The molecule has 1 aromatic rings. The summed E-state index contributed by atoms with van der Waals surface area (Å²) in [5.74, 6) is -1.31. The molecule has 1 aromatic carbocycles. The Morgan fingerprint density at radius 3 is 2.95 bits per heavy atom. The summed E-state index contributed by atoms with van der Waals surface area (Å²) < 4.78 is 5.55. The second-order valence-corrected chi connectivity index (χ2v) is 4.72. The van der Waals surface area contributed by atoms with E-state index >= 15 is 0 Å². The first kappa shape index (κ1) is 13.7. The predicted molar refractivity (Wildman–Crippen MR) is 69.7 cm³/mol. The normalized spacial score (nSPS) is 19.4. The molecule has 1 aliphatic rings. The van der Waals surface area contributed by atoms with E-state index < -0.39 is 12.1 Å². The van der Waals surface area contributed by atoms with E-state index in [1.807, 2.05) is 0 Å². The maximum absolute atomic E-state index is 11.8. The summed E-state index contributed by atoms with van der Waals surface area (Å²) in [6.45, 7) is 0.618. The average molecular weight is 284 g/mol. The number of benzene rings is 1. The van der Waals surface area contributed by atoms with Gasteiger partial charge in [-0.25, -0.2) is 4.79 Å². The highest BCUT2D eigenvalue weighted by Crippen LogP contribution is 2.30. The molecule has 102 valence electrons. The van der Waals surface area contributed by atoms with Crippen molar-refractivity contribution in [2.75, 3.05) is 6.54 Å². The van der Waals surface area contributed by atoms with Crippen LogP contribution < -0.4 is 10.1 Å². The zero-order chi connectivity index (χ0) is 13.8. The van der Waals surface area contributed by atoms with Crippen LogP contribution in [0.25, 0.3) is 0 Å². The van der Waals surface area contributed by atoms with E-state index in [9.17, 15) is 9.59 Å². The van der Waals surface area contributed by atoms with Crippen molar-refractivity contribution < 1.29 is 19.4 Å². The van der Waals surface area contributed by atoms with Gasteiger partial charge in [0.25, 0.3) is 5.91 Å². The highest BCUT2D eigenvalue weighted by Gasteiger charge is 2.25. The number of carbonyl (C=O) groups is 2. The molecule has 0 aromatic heterocycles. The molecule has 1 fully saturated rings. The van der Waals surface area contributed by atoms with Gasteiger partial charge in [-0.15, -0.1) is 0 Å². The van der Waals surface area contributed by atoms with Crippen molar-refractivity contribution in [1.29, 1.82) is 0 Å². The molecule has 5 nitrogen and oxygen atoms in total. The average Bonchev–Trinajstić information content (AvgIpc) is 2.57. The fourth-order valence-electron chi connectivity index (χ4n) is 1.96. The van der Waals surface area contributed by atoms with Crippen LogP contribution in [-0.2, 0) is 4.79 Å². The number of aromatic carboxylic acids is 1. The largest absolute Gasteiger partial charge is 0.478 e. The molecule has 6 heteroatoms. The molecule has 0 spiro atoms. The maximum Gasteiger partial charge on any atom is 0.339 e. The molecule has 1 aliphatic heterocycles. The minimum atomic E-state index is -1.13. The van der Waals surface area contributed by atoms with Crippen molar-refractivity contribution in [2.45, 2.75) is 25.4 Å². The zero-order valence-corrected chi connectivity index (χ0v) is 10.9. The zero-order valence-electron chi connectivity index (χ0n) is 10.2. The Kier molecular flexibility index (Phi) is 4.27. The molecule has 0 saturated carbocycles. The lowest BCUT2D eigenvalue weighted by Crippen LogP contribution is -2.36. The molecule has 2 N–H and O–H groups in total.